The molecule has 1 atom stereocenters. The van der Waals surface area contributed by atoms with Crippen LogP contribution in [0.5, 0.6) is 0 Å². The molecule has 70 heavy (non-hydrogen) atoms. The molecule has 0 aliphatic rings. The van der Waals surface area contributed by atoms with Crippen LogP contribution < -0.4 is 0 Å². The maximum absolute atomic E-state index is 12.3. The van der Waals surface area contributed by atoms with Crippen LogP contribution >= 0.6 is 0 Å². The van der Waals surface area contributed by atoms with Gasteiger partial charge >= 0.3 is 11.9 Å². The van der Waals surface area contributed by atoms with E-state index in [9.17, 15) is 14.7 Å². The first-order valence-corrected chi connectivity index (χ1v) is 29.8. The summed E-state index contributed by atoms with van der Waals surface area (Å²) < 4.78 is 10.7. The molecular weight excluding hydrogens is 861 g/mol. The number of carbonyl (C=O) groups excluding carboxylic acids is 2. The van der Waals surface area contributed by atoms with Crippen LogP contribution in [0.1, 0.15) is 284 Å². The van der Waals surface area contributed by atoms with Crippen LogP contribution in [-0.4, -0.2) is 36.4 Å². The summed E-state index contributed by atoms with van der Waals surface area (Å²) >= 11 is 0. The fourth-order valence-electron chi connectivity index (χ4n) is 8.41. The predicted octanol–water partition coefficient (Wildman–Crippen LogP) is 20.3. The number of unbranched alkanes of at least 4 members (excludes halogenated alkanes) is 30. The third-order valence-corrected chi connectivity index (χ3v) is 12.9. The zero-order chi connectivity index (χ0) is 50.6. The molecule has 0 aliphatic carbocycles. The Morgan fingerprint density at radius 3 is 0.943 bits per heavy atom. The lowest BCUT2D eigenvalue weighted by Crippen LogP contribution is -2.28. The molecule has 402 valence electrons. The van der Waals surface area contributed by atoms with Crippen molar-refractivity contribution in [1.29, 1.82) is 0 Å². The normalized spacial score (nSPS) is 12.9. The van der Waals surface area contributed by atoms with Gasteiger partial charge in [-0.05, 0) is 96.3 Å². The number of allylic oxidation sites excluding steroid dienone is 16. The molecule has 1 unspecified atom stereocenters. The fraction of sp³-hybridized carbons (Fsp3) is 0.723. The smallest absolute Gasteiger partial charge is 0.306 e. The summed E-state index contributed by atoms with van der Waals surface area (Å²) in [6, 6.07) is 0. The molecular formula is C65H112O5. The molecule has 0 fully saturated rings. The first-order chi connectivity index (χ1) is 34.6. The van der Waals surface area contributed by atoms with E-state index in [1.165, 1.54) is 167 Å². The van der Waals surface area contributed by atoms with E-state index in [1.807, 2.05) is 0 Å². The third-order valence-electron chi connectivity index (χ3n) is 12.9. The lowest BCUT2D eigenvalue weighted by Gasteiger charge is -2.15. The van der Waals surface area contributed by atoms with Crippen molar-refractivity contribution >= 4 is 11.9 Å². The topological polar surface area (TPSA) is 72.8 Å². The van der Waals surface area contributed by atoms with E-state index in [0.29, 0.717) is 12.8 Å². The second kappa shape index (κ2) is 60.1. The predicted molar refractivity (Wildman–Crippen MR) is 306 cm³/mol. The molecule has 5 heteroatoms. The van der Waals surface area contributed by atoms with E-state index >= 15 is 0 Å². The van der Waals surface area contributed by atoms with Gasteiger partial charge in [-0.15, -0.1) is 0 Å². The molecule has 0 aromatic rings. The van der Waals surface area contributed by atoms with Crippen LogP contribution in [0.25, 0.3) is 0 Å². The lowest BCUT2D eigenvalue weighted by molar-refractivity contribution is -0.161. The van der Waals surface area contributed by atoms with Crippen LogP contribution in [0.3, 0.4) is 0 Å². The van der Waals surface area contributed by atoms with Crippen molar-refractivity contribution in [3.8, 4) is 0 Å². The molecule has 0 saturated heterocycles. The van der Waals surface area contributed by atoms with Gasteiger partial charge in [0.2, 0.25) is 0 Å². The van der Waals surface area contributed by atoms with Crippen molar-refractivity contribution in [2.24, 2.45) is 0 Å². The van der Waals surface area contributed by atoms with Gasteiger partial charge in [0, 0.05) is 12.8 Å². The molecule has 0 aromatic heterocycles. The number of aliphatic hydroxyl groups excluding tert-OH is 1. The Bertz CT molecular complexity index is 1330. The van der Waals surface area contributed by atoms with Gasteiger partial charge in [-0.25, -0.2) is 0 Å². The molecule has 0 aliphatic heterocycles. The van der Waals surface area contributed by atoms with Gasteiger partial charge < -0.3 is 14.6 Å². The van der Waals surface area contributed by atoms with E-state index in [4.69, 9.17) is 9.47 Å². The summed E-state index contributed by atoms with van der Waals surface area (Å²) in [5, 5.41) is 9.67. The first-order valence-electron chi connectivity index (χ1n) is 29.8. The van der Waals surface area contributed by atoms with Gasteiger partial charge in [0.1, 0.15) is 6.61 Å². The average molecular weight is 974 g/mol. The highest BCUT2D eigenvalue weighted by Crippen LogP contribution is 2.16. The highest BCUT2D eigenvalue weighted by molar-refractivity contribution is 5.70. The monoisotopic (exact) mass is 973 g/mol. The van der Waals surface area contributed by atoms with Gasteiger partial charge in [-0.3, -0.25) is 9.59 Å². The SMILES string of the molecule is CC/C=C\C/C=C\C/C=C\C/C=C\C/C=C\C/C=C\C/C=C\CCCCCCCCCCCC(=O)OC(CO)COC(=O)CCCCCCCCCCCCCCC/C=C\CCCCCCCCCC. The zero-order valence-electron chi connectivity index (χ0n) is 46.0. The Morgan fingerprint density at radius 2 is 0.614 bits per heavy atom. The average Bonchev–Trinajstić information content (AvgIpc) is 3.36. The Kier molecular flexibility index (Phi) is 57.4. The fourth-order valence-corrected chi connectivity index (χ4v) is 8.41. The van der Waals surface area contributed by atoms with Crippen LogP contribution in [0.15, 0.2) is 97.2 Å². The molecule has 0 heterocycles. The van der Waals surface area contributed by atoms with Crippen molar-refractivity contribution < 1.29 is 24.2 Å². The minimum atomic E-state index is -0.781. The maximum atomic E-state index is 12.3. The molecule has 5 nitrogen and oxygen atoms in total. The second-order valence-corrected chi connectivity index (χ2v) is 19.7. The maximum Gasteiger partial charge on any atom is 0.306 e. The summed E-state index contributed by atoms with van der Waals surface area (Å²) in [6.45, 7) is 4.04. The van der Waals surface area contributed by atoms with Crippen LogP contribution in [-0.2, 0) is 19.1 Å². The molecule has 0 rings (SSSR count). The third kappa shape index (κ3) is 57.4. The zero-order valence-corrected chi connectivity index (χ0v) is 46.0. The Hall–Kier alpha value is -3.18. The number of carbonyl (C=O) groups is 2. The Balaban J connectivity index is 3.53. The second-order valence-electron chi connectivity index (χ2n) is 19.7. The molecule has 0 saturated carbocycles. The van der Waals surface area contributed by atoms with E-state index in [2.05, 4.69) is 111 Å². The summed E-state index contributed by atoms with van der Waals surface area (Å²) in [6.07, 6.45) is 85.3. The molecule has 0 bridgehead atoms. The summed E-state index contributed by atoms with van der Waals surface area (Å²) in [5.41, 5.74) is 0. The lowest BCUT2D eigenvalue weighted by atomic mass is 10.0. The number of hydrogen-bond acceptors (Lipinski definition) is 5. The molecule has 0 radical (unpaired) electrons. The number of rotatable bonds is 54. The van der Waals surface area contributed by atoms with Gasteiger partial charge in [0.15, 0.2) is 6.10 Å². The van der Waals surface area contributed by atoms with Gasteiger partial charge in [-0.1, -0.05) is 272 Å². The molecule has 1 N–H and O–H groups in total. The van der Waals surface area contributed by atoms with Crippen LogP contribution in [0, 0.1) is 0 Å². The summed E-state index contributed by atoms with van der Waals surface area (Å²) in [4.78, 5) is 24.6. The number of hydrogen-bond donors (Lipinski definition) is 1. The van der Waals surface area contributed by atoms with Gasteiger partial charge in [0.25, 0.3) is 0 Å². The largest absolute Gasteiger partial charge is 0.462 e. The number of aliphatic hydroxyl groups is 1. The quantitative estimate of drug-likeness (QED) is 0.0373. The van der Waals surface area contributed by atoms with Crippen LogP contribution in [0.2, 0.25) is 0 Å². The minimum Gasteiger partial charge on any atom is -0.462 e. The standard InChI is InChI=1S/C65H112O5/c1-3-5-7-9-11-13-15-17-19-21-23-25-27-29-30-31-32-33-34-36-38-40-42-44-46-48-50-52-54-56-58-60-65(68)70-63(61-66)62-69-64(67)59-57-55-53-51-49-47-45-43-41-39-37-35-28-26-24-22-20-18-16-14-12-10-8-6-4-2/h5,7,11,13,17,19,22-25,29-30,32-33,36,38,63,66H,3-4,6,8-10,12,14-16,18,20-21,26-28,31,34-35,37,39-62H2,1-2H3/b7-5-,13-11-,19-17-,24-22-,25-23-,30-29-,33-32-,38-36-. The highest BCUT2D eigenvalue weighted by atomic mass is 16.6. The van der Waals surface area contributed by atoms with Crippen molar-refractivity contribution in [3.05, 3.63) is 97.2 Å². The van der Waals surface area contributed by atoms with E-state index in [1.54, 1.807) is 0 Å². The van der Waals surface area contributed by atoms with Gasteiger partial charge in [0.05, 0.1) is 6.61 Å². The minimum absolute atomic E-state index is 0.0710. The molecule has 0 spiro atoms. The summed E-state index contributed by atoms with van der Waals surface area (Å²) in [5.74, 6) is -0.593. The van der Waals surface area contributed by atoms with Gasteiger partial charge in [-0.2, -0.15) is 0 Å². The van der Waals surface area contributed by atoms with Crippen molar-refractivity contribution in [2.75, 3.05) is 13.2 Å². The Morgan fingerprint density at radius 1 is 0.343 bits per heavy atom. The number of ether oxygens (including phenoxy) is 2. The van der Waals surface area contributed by atoms with Crippen molar-refractivity contribution in [1.82, 2.24) is 0 Å². The summed E-state index contributed by atoms with van der Waals surface area (Å²) in [7, 11) is 0. The Labute approximate surface area is 434 Å². The van der Waals surface area contributed by atoms with E-state index in [0.717, 1.165) is 89.9 Å². The first kappa shape index (κ1) is 66.8. The van der Waals surface area contributed by atoms with E-state index < -0.39 is 6.10 Å². The van der Waals surface area contributed by atoms with Crippen molar-refractivity contribution in [2.45, 2.75) is 290 Å². The van der Waals surface area contributed by atoms with Crippen LogP contribution in [0.4, 0.5) is 0 Å². The number of esters is 2. The molecule has 0 aromatic carbocycles. The molecule has 0 amide bonds. The highest BCUT2D eigenvalue weighted by Gasteiger charge is 2.16. The van der Waals surface area contributed by atoms with Crippen molar-refractivity contribution in [3.63, 3.8) is 0 Å². The van der Waals surface area contributed by atoms with E-state index in [-0.39, 0.29) is 25.2 Å².